The number of nitrogens with zero attached hydrogens (tertiary/aromatic N) is 1. The zero-order valence-corrected chi connectivity index (χ0v) is 11.4. The van der Waals surface area contributed by atoms with Crippen LogP contribution in [0.5, 0.6) is 5.75 Å². The van der Waals surface area contributed by atoms with Crippen LogP contribution in [0.4, 0.5) is 17.1 Å². The van der Waals surface area contributed by atoms with Gasteiger partial charge in [0, 0.05) is 5.69 Å². The van der Waals surface area contributed by atoms with E-state index in [1.165, 1.54) is 0 Å². The average Bonchev–Trinajstić information content (AvgIpc) is 2.49. The van der Waals surface area contributed by atoms with E-state index in [0.29, 0.717) is 17.9 Å². The first-order valence-corrected chi connectivity index (χ1v) is 6.52. The highest BCUT2D eigenvalue weighted by Crippen LogP contribution is 2.25. The second kappa shape index (κ2) is 6.48. The second-order valence-corrected chi connectivity index (χ2v) is 4.41. The smallest absolute Gasteiger partial charge is 0.119 e. The fourth-order valence-electron chi connectivity index (χ4n) is 1.74. The monoisotopic (exact) mass is 267 g/mol. The first-order chi connectivity index (χ1) is 9.72. The van der Waals surface area contributed by atoms with Gasteiger partial charge >= 0.3 is 0 Å². The molecule has 0 radical (unpaired) electrons. The number of nitrogen functional groups attached to an aromatic ring is 1. The SMILES string of the molecule is CCCOc1ccc(Nc2cc(C#N)ccc2N)cc1. The minimum absolute atomic E-state index is 0.574. The standard InChI is InChI=1S/C16H17N3O/c1-2-9-20-14-6-4-13(5-7-14)19-16-10-12(11-17)3-8-15(16)18/h3-8,10,19H,2,9,18H2,1H3. The van der Waals surface area contributed by atoms with E-state index in [9.17, 15) is 0 Å². The van der Waals surface area contributed by atoms with Gasteiger partial charge in [-0.3, -0.25) is 0 Å². The molecule has 2 aromatic carbocycles. The zero-order valence-electron chi connectivity index (χ0n) is 11.4. The van der Waals surface area contributed by atoms with E-state index in [0.717, 1.165) is 23.5 Å². The largest absolute Gasteiger partial charge is 0.494 e. The van der Waals surface area contributed by atoms with E-state index in [1.54, 1.807) is 18.2 Å². The summed E-state index contributed by atoms with van der Waals surface area (Å²) >= 11 is 0. The molecule has 0 fully saturated rings. The van der Waals surface area contributed by atoms with Crippen LogP contribution < -0.4 is 15.8 Å². The summed E-state index contributed by atoms with van der Waals surface area (Å²) in [5.41, 5.74) is 8.70. The molecule has 102 valence electrons. The highest BCUT2D eigenvalue weighted by atomic mass is 16.5. The van der Waals surface area contributed by atoms with Gasteiger partial charge in [0.15, 0.2) is 0 Å². The zero-order chi connectivity index (χ0) is 14.4. The number of rotatable bonds is 5. The Morgan fingerprint density at radius 2 is 1.95 bits per heavy atom. The van der Waals surface area contributed by atoms with Crippen LogP contribution in [0.15, 0.2) is 42.5 Å². The molecule has 0 unspecified atom stereocenters. The summed E-state index contributed by atoms with van der Waals surface area (Å²) in [6.45, 7) is 2.78. The van der Waals surface area contributed by atoms with Gasteiger partial charge in [-0.15, -0.1) is 0 Å². The fraction of sp³-hybridized carbons (Fsp3) is 0.188. The molecule has 0 spiro atoms. The molecule has 0 aliphatic heterocycles. The summed E-state index contributed by atoms with van der Waals surface area (Å²) in [5, 5.41) is 12.1. The molecule has 0 bridgehead atoms. The molecule has 0 amide bonds. The number of anilines is 3. The lowest BCUT2D eigenvalue weighted by molar-refractivity contribution is 0.317. The van der Waals surface area contributed by atoms with Gasteiger partial charge in [0.05, 0.1) is 29.6 Å². The van der Waals surface area contributed by atoms with Crippen molar-refractivity contribution in [1.82, 2.24) is 0 Å². The van der Waals surface area contributed by atoms with E-state index in [2.05, 4.69) is 18.3 Å². The maximum Gasteiger partial charge on any atom is 0.119 e. The normalized spacial score (nSPS) is 9.80. The maximum atomic E-state index is 8.90. The van der Waals surface area contributed by atoms with Gasteiger partial charge in [-0.05, 0) is 48.9 Å². The molecule has 0 aromatic heterocycles. The van der Waals surface area contributed by atoms with Crippen molar-refractivity contribution in [3.05, 3.63) is 48.0 Å². The summed E-state index contributed by atoms with van der Waals surface area (Å²) in [5.74, 6) is 0.844. The van der Waals surface area contributed by atoms with Crippen molar-refractivity contribution in [1.29, 1.82) is 5.26 Å². The molecule has 4 heteroatoms. The third-order valence-electron chi connectivity index (χ3n) is 2.79. The van der Waals surface area contributed by atoms with Crippen molar-refractivity contribution in [3.63, 3.8) is 0 Å². The number of hydrogen-bond donors (Lipinski definition) is 2. The molecule has 0 aliphatic carbocycles. The third kappa shape index (κ3) is 3.42. The first-order valence-electron chi connectivity index (χ1n) is 6.52. The molecule has 4 nitrogen and oxygen atoms in total. The average molecular weight is 267 g/mol. The highest BCUT2D eigenvalue weighted by Gasteiger charge is 2.02. The number of hydrogen-bond acceptors (Lipinski definition) is 4. The second-order valence-electron chi connectivity index (χ2n) is 4.41. The van der Waals surface area contributed by atoms with Gasteiger partial charge < -0.3 is 15.8 Å². The van der Waals surface area contributed by atoms with Crippen LogP contribution >= 0.6 is 0 Å². The topological polar surface area (TPSA) is 71.1 Å². The van der Waals surface area contributed by atoms with Gasteiger partial charge in [-0.25, -0.2) is 0 Å². The predicted octanol–water partition coefficient (Wildman–Crippen LogP) is 3.67. The van der Waals surface area contributed by atoms with Crippen molar-refractivity contribution in [3.8, 4) is 11.8 Å². The van der Waals surface area contributed by atoms with Gasteiger partial charge in [0.2, 0.25) is 0 Å². The van der Waals surface area contributed by atoms with Crippen LogP contribution in [0, 0.1) is 11.3 Å². The van der Waals surface area contributed by atoms with E-state index in [-0.39, 0.29) is 0 Å². The molecule has 3 N–H and O–H groups in total. The van der Waals surface area contributed by atoms with E-state index < -0.39 is 0 Å². The van der Waals surface area contributed by atoms with Gasteiger partial charge in [-0.2, -0.15) is 5.26 Å². The Bertz CT molecular complexity index is 615. The number of nitrogens with two attached hydrogens (primary N) is 1. The van der Waals surface area contributed by atoms with Crippen LogP contribution in [0.1, 0.15) is 18.9 Å². The van der Waals surface area contributed by atoms with E-state index >= 15 is 0 Å². The first kappa shape index (κ1) is 13.8. The Kier molecular flexibility index (Phi) is 4.46. The summed E-state index contributed by atoms with van der Waals surface area (Å²) in [7, 11) is 0. The Hall–Kier alpha value is -2.67. The lowest BCUT2D eigenvalue weighted by atomic mass is 10.2. The quantitative estimate of drug-likeness (QED) is 0.811. The van der Waals surface area contributed by atoms with Gasteiger partial charge in [0.25, 0.3) is 0 Å². The number of benzene rings is 2. The summed E-state index contributed by atoms with van der Waals surface area (Å²) in [4.78, 5) is 0. The summed E-state index contributed by atoms with van der Waals surface area (Å²) in [6, 6.07) is 14.9. The Balaban J connectivity index is 2.12. The fourth-order valence-corrected chi connectivity index (χ4v) is 1.74. The molecule has 0 aliphatic rings. The predicted molar refractivity (Wildman–Crippen MR) is 81.1 cm³/mol. The van der Waals surface area contributed by atoms with Crippen LogP contribution in [-0.4, -0.2) is 6.61 Å². The van der Waals surface area contributed by atoms with Crippen molar-refractivity contribution in [2.75, 3.05) is 17.7 Å². The Morgan fingerprint density at radius 3 is 2.60 bits per heavy atom. The van der Waals surface area contributed by atoms with Crippen molar-refractivity contribution in [2.45, 2.75) is 13.3 Å². The minimum atomic E-state index is 0.574. The lowest BCUT2D eigenvalue weighted by Gasteiger charge is -2.10. The lowest BCUT2D eigenvalue weighted by Crippen LogP contribution is -1.98. The molecular weight excluding hydrogens is 250 g/mol. The molecule has 2 rings (SSSR count). The van der Waals surface area contributed by atoms with Crippen LogP contribution in [0.25, 0.3) is 0 Å². The Labute approximate surface area is 118 Å². The maximum absolute atomic E-state index is 8.90. The van der Waals surface area contributed by atoms with Crippen molar-refractivity contribution >= 4 is 17.1 Å². The molecular formula is C16H17N3O. The van der Waals surface area contributed by atoms with Crippen LogP contribution in [0.3, 0.4) is 0 Å². The van der Waals surface area contributed by atoms with Crippen molar-refractivity contribution in [2.24, 2.45) is 0 Å². The molecule has 0 atom stereocenters. The van der Waals surface area contributed by atoms with E-state index in [4.69, 9.17) is 15.7 Å². The van der Waals surface area contributed by atoms with Gasteiger partial charge in [0.1, 0.15) is 5.75 Å². The van der Waals surface area contributed by atoms with Crippen LogP contribution in [-0.2, 0) is 0 Å². The molecule has 0 heterocycles. The number of nitriles is 1. The van der Waals surface area contributed by atoms with Gasteiger partial charge in [-0.1, -0.05) is 6.92 Å². The third-order valence-corrected chi connectivity index (χ3v) is 2.79. The van der Waals surface area contributed by atoms with Crippen LogP contribution in [0.2, 0.25) is 0 Å². The Morgan fingerprint density at radius 1 is 1.20 bits per heavy atom. The molecule has 0 saturated carbocycles. The highest BCUT2D eigenvalue weighted by molar-refractivity contribution is 5.74. The number of ether oxygens (including phenoxy) is 1. The molecule has 20 heavy (non-hydrogen) atoms. The van der Waals surface area contributed by atoms with E-state index in [1.807, 2.05) is 24.3 Å². The van der Waals surface area contributed by atoms with Crippen molar-refractivity contribution < 1.29 is 4.74 Å². The summed E-state index contributed by atoms with van der Waals surface area (Å²) in [6.07, 6.45) is 0.984. The molecule has 2 aromatic rings. The number of nitrogens with one attached hydrogen (secondary N) is 1. The molecule has 0 saturated heterocycles. The minimum Gasteiger partial charge on any atom is -0.494 e. The summed E-state index contributed by atoms with van der Waals surface area (Å²) < 4.78 is 5.53.